The molecule has 1 heterocycles. The summed E-state index contributed by atoms with van der Waals surface area (Å²) < 4.78 is 16.6. The molecule has 1 amide bonds. The second kappa shape index (κ2) is 8.41. The summed E-state index contributed by atoms with van der Waals surface area (Å²) in [7, 11) is 1.61. The van der Waals surface area contributed by atoms with Gasteiger partial charge in [0.05, 0.1) is 18.9 Å². The van der Waals surface area contributed by atoms with Crippen LogP contribution in [0.1, 0.15) is 36.9 Å². The molecule has 0 aliphatic heterocycles. The highest BCUT2D eigenvalue weighted by Crippen LogP contribution is 2.56. The van der Waals surface area contributed by atoms with Crippen molar-refractivity contribution in [3.05, 3.63) is 66.3 Å². The van der Waals surface area contributed by atoms with Gasteiger partial charge < -0.3 is 19.3 Å². The number of benzene rings is 2. The SMILES string of the molecule is COc1cccc(NC(=O)[C@H]2[C@H]3CC[C@H](C3)[C@@H]2c2nc(COc3ccccc3)no2)c1. The van der Waals surface area contributed by atoms with Crippen LogP contribution >= 0.6 is 0 Å². The Bertz CT molecular complexity index is 1050. The number of amides is 1. The summed E-state index contributed by atoms with van der Waals surface area (Å²) in [6.07, 6.45) is 3.19. The molecule has 160 valence electrons. The summed E-state index contributed by atoms with van der Waals surface area (Å²) in [5.41, 5.74) is 0.730. The molecule has 2 aromatic carbocycles. The number of nitrogens with zero attached hydrogens (tertiary/aromatic N) is 2. The van der Waals surface area contributed by atoms with Gasteiger partial charge in [0.1, 0.15) is 11.5 Å². The zero-order valence-corrected chi connectivity index (χ0v) is 17.4. The van der Waals surface area contributed by atoms with Crippen LogP contribution in [0.5, 0.6) is 11.5 Å². The number of anilines is 1. The first kappa shape index (κ1) is 19.6. The van der Waals surface area contributed by atoms with Crippen molar-refractivity contribution in [2.24, 2.45) is 17.8 Å². The Balaban J connectivity index is 1.31. The third-order valence-corrected chi connectivity index (χ3v) is 6.44. The van der Waals surface area contributed by atoms with Crippen LogP contribution < -0.4 is 14.8 Å². The van der Waals surface area contributed by atoms with Gasteiger partial charge >= 0.3 is 0 Å². The van der Waals surface area contributed by atoms with Crippen LogP contribution in [0.2, 0.25) is 0 Å². The van der Waals surface area contributed by atoms with Gasteiger partial charge in [-0.3, -0.25) is 4.79 Å². The fourth-order valence-electron chi connectivity index (χ4n) is 5.08. The second-order valence-electron chi connectivity index (χ2n) is 8.26. The normalized spacial score (nSPS) is 24.2. The summed E-state index contributed by atoms with van der Waals surface area (Å²) in [6.45, 7) is 0.231. The van der Waals surface area contributed by atoms with Crippen LogP contribution in [0.4, 0.5) is 5.69 Å². The topological polar surface area (TPSA) is 86.5 Å². The molecule has 2 aliphatic carbocycles. The molecule has 1 N–H and O–H groups in total. The van der Waals surface area contributed by atoms with Crippen LogP contribution in [0.25, 0.3) is 0 Å². The Morgan fingerprint density at radius 2 is 1.90 bits per heavy atom. The number of methoxy groups -OCH3 is 1. The van der Waals surface area contributed by atoms with E-state index in [1.165, 1.54) is 0 Å². The third-order valence-electron chi connectivity index (χ3n) is 6.44. The van der Waals surface area contributed by atoms with Crippen molar-refractivity contribution in [2.45, 2.75) is 31.8 Å². The lowest BCUT2D eigenvalue weighted by molar-refractivity contribution is -0.122. The number of aromatic nitrogens is 2. The Labute approximate surface area is 180 Å². The first-order valence-electron chi connectivity index (χ1n) is 10.7. The molecule has 0 radical (unpaired) electrons. The van der Waals surface area contributed by atoms with Crippen molar-refractivity contribution >= 4 is 11.6 Å². The lowest BCUT2D eigenvalue weighted by atomic mass is 9.78. The zero-order chi connectivity index (χ0) is 21.2. The Morgan fingerprint density at radius 3 is 2.74 bits per heavy atom. The molecule has 0 saturated heterocycles. The summed E-state index contributed by atoms with van der Waals surface area (Å²) in [5, 5.41) is 7.16. The maximum Gasteiger partial charge on any atom is 0.230 e. The molecule has 31 heavy (non-hydrogen) atoms. The largest absolute Gasteiger partial charge is 0.497 e. The average molecular weight is 419 g/mol. The van der Waals surface area contributed by atoms with E-state index >= 15 is 0 Å². The molecule has 1 aromatic heterocycles. The second-order valence-corrected chi connectivity index (χ2v) is 8.26. The van der Waals surface area contributed by atoms with Gasteiger partial charge in [0.15, 0.2) is 6.61 Å². The minimum atomic E-state index is -0.173. The molecule has 0 unspecified atom stereocenters. The van der Waals surface area contributed by atoms with E-state index in [9.17, 15) is 4.79 Å². The van der Waals surface area contributed by atoms with Gasteiger partial charge in [-0.1, -0.05) is 29.4 Å². The number of carbonyl (C=O) groups excluding carboxylic acids is 1. The predicted octanol–water partition coefficient (Wildman–Crippen LogP) is 4.43. The maximum atomic E-state index is 13.2. The summed E-state index contributed by atoms with van der Waals surface area (Å²) in [4.78, 5) is 17.8. The number of hydrogen-bond donors (Lipinski definition) is 1. The molecule has 3 aromatic rings. The highest BCUT2D eigenvalue weighted by Gasteiger charge is 2.53. The van der Waals surface area contributed by atoms with Gasteiger partial charge in [0.25, 0.3) is 0 Å². The first-order valence-corrected chi connectivity index (χ1v) is 10.7. The minimum Gasteiger partial charge on any atom is -0.497 e. The monoisotopic (exact) mass is 419 g/mol. The molecule has 2 fully saturated rings. The number of rotatable bonds is 7. The molecular weight excluding hydrogens is 394 g/mol. The molecule has 2 bridgehead atoms. The van der Waals surface area contributed by atoms with E-state index in [2.05, 4.69) is 15.5 Å². The smallest absolute Gasteiger partial charge is 0.230 e. The summed E-state index contributed by atoms with van der Waals surface area (Å²) in [6, 6.07) is 16.9. The molecule has 2 saturated carbocycles. The van der Waals surface area contributed by atoms with Gasteiger partial charge in [-0.05, 0) is 55.4 Å². The van der Waals surface area contributed by atoms with Crippen molar-refractivity contribution < 1.29 is 18.8 Å². The quantitative estimate of drug-likeness (QED) is 0.610. The molecule has 5 rings (SSSR count). The highest BCUT2D eigenvalue weighted by molar-refractivity contribution is 5.93. The maximum absolute atomic E-state index is 13.2. The standard InChI is InChI=1S/C24H25N3O4/c1-29-19-9-5-6-17(13-19)25-23(28)21-15-10-11-16(12-15)22(21)24-26-20(27-31-24)14-30-18-7-3-2-4-8-18/h2-9,13,15-16,21-22H,10-12,14H2,1H3,(H,25,28)/t15-,16+,21-,22-/m0/s1. The van der Waals surface area contributed by atoms with Crippen LogP contribution in [-0.4, -0.2) is 23.2 Å². The minimum absolute atomic E-state index is 0.00531. The van der Waals surface area contributed by atoms with Crippen molar-refractivity contribution in [1.29, 1.82) is 0 Å². The number of nitrogens with one attached hydrogen (secondary N) is 1. The predicted molar refractivity (Wildman–Crippen MR) is 114 cm³/mol. The van der Waals surface area contributed by atoms with E-state index in [1.807, 2.05) is 54.6 Å². The third kappa shape index (κ3) is 4.00. The molecule has 0 spiro atoms. The van der Waals surface area contributed by atoms with Crippen LogP contribution in [0.15, 0.2) is 59.1 Å². The molecule has 7 nitrogen and oxygen atoms in total. The molecule has 4 atom stereocenters. The summed E-state index contributed by atoms with van der Waals surface area (Å²) in [5.74, 6) is 3.03. The Morgan fingerprint density at radius 1 is 1.10 bits per heavy atom. The molecule has 2 aliphatic rings. The van der Waals surface area contributed by atoms with E-state index in [0.717, 1.165) is 30.7 Å². The lowest BCUT2D eigenvalue weighted by Gasteiger charge is -2.27. The lowest BCUT2D eigenvalue weighted by Crippen LogP contribution is -2.33. The number of hydrogen-bond acceptors (Lipinski definition) is 6. The number of para-hydroxylation sites is 1. The number of carbonyl (C=O) groups is 1. The molecular formula is C24H25N3O4. The van der Waals surface area contributed by atoms with Gasteiger partial charge in [-0.25, -0.2) is 0 Å². The first-order chi connectivity index (χ1) is 15.2. The van der Waals surface area contributed by atoms with Crippen molar-refractivity contribution in [1.82, 2.24) is 10.1 Å². The average Bonchev–Trinajstić information content (AvgIpc) is 3.54. The van der Waals surface area contributed by atoms with Crippen molar-refractivity contribution in [3.63, 3.8) is 0 Å². The van der Waals surface area contributed by atoms with Crippen LogP contribution in [-0.2, 0) is 11.4 Å². The van der Waals surface area contributed by atoms with Gasteiger partial charge in [0.2, 0.25) is 17.6 Å². The van der Waals surface area contributed by atoms with Crippen molar-refractivity contribution in [3.8, 4) is 11.5 Å². The van der Waals surface area contributed by atoms with E-state index in [-0.39, 0.29) is 24.3 Å². The van der Waals surface area contributed by atoms with Gasteiger partial charge in [-0.2, -0.15) is 4.98 Å². The fraction of sp³-hybridized carbons (Fsp3) is 0.375. The van der Waals surface area contributed by atoms with Gasteiger partial charge in [0, 0.05) is 11.8 Å². The number of ether oxygens (including phenoxy) is 2. The highest BCUT2D eigenvalue weighted by atomic mass is 16.5. The van der Waals surface area contributed by atoms with E-state index in [0.29, 0.717) is 29.3 Å². The van der Waals surface area contributed by atoms with E-state index in [4.69, 9.17) is 14.0 Å². The van der Waals surface area contributed by atoms with Crippen molar-refractivity contribution in [2.75, 3.05) is 12.4 Å². The van der Waals surface area contributed by atoms with E-state index < -0.39 is 0 Å². The van der Waals surface area contributed by atoms with Crippen LogP contribution in [0.3, 0.4) is 0 Å². The Kier molecular flexibility index (Phi) is 5.32. The zero-order valence-electron chi connectivity index (χ0n) is 17.4. The fourth-order valence-corrected chi connectivity index (χ4v) is 5.08. The van der Waals surface area contributed by atoms with Gasteiger partial charge in [-0.15, -0.1) is 0 Å². The summed E-state index contributed by atoms with van der Waals surface area (Å²) >= 11 is 0. The number of fused-ring (bicyclic) bond motifs is 2. The van der Waals surface area contributed by atoms with E-state index in [1.54, 1.807) is 7.11 Å². The Hall–Kier alpha value is -3.35. The molecule has 7 heteroatoms. The van der Waals surface area contributed by atoms with Crippen LogP contribution in [0, 0.1) is 17.8 Å².